The molecule has 1 aromatic rings. The quantitative estimate of drug-likeness (QED) is 0.828. The van der Waals surface area contributed by atoms with E-state index in [1.54, 1.807) is 0 Å². The minimum absolute atomic E-state index is 0.0995. The smallest absolute Gasteiger partial charge is 0.241 e. The SMILES string of the molecule is CC(C)C(CNC(=O)[C@@H](N)c1ccccc1)C(C)C. The highest BCUT2D eigenvalue weighted by Crippen LogP contribution is 2.19. The third-order valence-electron chi connectivity index (χ3n) is 3.67. The van der Waals surface area contributed by atoms with Crippen molar-refractivity contribution in [2.45, 2.75) is 33.7 Å². The van der Waals surface area contributed by atoms with Crippen molar-refractivity contribution in [1.29, 1.82) is 0 Å². The van der Waals surface area contributed by atoms with Crippen LogP contribution in [0.15, 0.2) is 30.3 Å². The van der Waals surface area contributed by atoms with Crippen molar-refractivity contribution in [3.8, 4) is 0 Å². The number of hydrogen-bond donors (Lipinski definition) is 2. The first-order valence-corrected chi connectivity index (χ1v) is 7.01. The number of nitrogens with two attached hydrogens (primary N) is 1. The van der Waals surface area contributed by atoms with Gasteiger partial charge in [-0.2, -0.15) is 0 Å². The minimum Gasteiger partial charge on any atom is -0.354 e. The van der Waals surface area contributed by atoms with Crippen molar-refractivity contribution in [1.82, 2.24) is 5.32 Å². The van der Waals surface area contributed by atoms with Gasteiger partial charge in [0.2, 0.25) is 5.91 Å². The Morgan fingerprint density at radius 2 is 1.63 bits per heavy atom. The van der Waals surface area contributed by atoms with E-state index in [2.05, 4.69) is 33.0 Å². The van der Waals surface area contributed by atoms with Gasteiger partial charge in [-0.3, -0.25) is 4.79 Å². The van der Waals surface area contributed by atoms with Crippen LogP contribution in [0.2, 0.25) is 0 Å². The summed E-state index contributed by atoms with van der Waals surface area (Å²) in [5.41, 5.74) is 6.82. The fourth-order valence-corrected chi connectivity index (χ4v) is 2.38. The van der Waals surface area contributed by atoms with E-state index in [0.29, 0.717) is 24.3 Å². The Morgan fingerprint density at radius 3 is 2.11 bits per heavy atom. The summed E-state index contributed by atoms with van der Waals surface area (Å²) in [6.45, 7) is 9.44. The summed E-state index contributed by atoms with van der Waals surface area (Å²) in [4.78, 5) is 12.1. The lowest BCUT2D eigenvalue weighted by molar-refractivity contribution is -0.122. The second kappa shape index (κ2) is 7.29. The molecule has 0 heterocycles. The van der Waals surface area contributed by atoms with E-state index < -0.39 is 6.04 Å². The van der Waals surface area contributed by atoms with E-state index in [0.717, 1.165) is 5.56 Å². The van der Waals surface area contributed by atoms with Crippen molar-refractivity contribution in [2.24, 2.45) is 23.5 Å². The van der Waals surface area contributed by atoms with E-state index in [1.807, 2.05) is 30.3 Å². The van der Waals surface area contributed by atoms with Crippen molar-refractivity contribution in [3.63, 3.8) is 0 Å². The average molecular weight is 262 g/mol. The van der Waals surface area contributed by atoms with E-state index >= 15 is 0 Å². The molecule has 0 aromatic heterocycles. The number of hydrogen-bond acceptors (Lipinski definition) is 2. The number of carbonyl (C=O) groups excluding carboxylic acids is 1. The van der Waals surface area contributed by atoms with Crippen molar-refractivity contribution >= 4 is 5.91 Å². The molecule has 1 atom stereocenters. The number of benzene rings is 1. The van der Waals surface area contributed by atoms with E-state index in [-0.39, 0.29) is 5.91 Å². The summed E-state index contributed by atoms with van der Waals surface area (Å²) >= 11 is 0. The first-order valence-electron chi connectivity index (χ1n) is 7.01. The molecular weight excluding hydrogens is 236 g/mol. The Labute approximate surface area is 116 Å². The van der Waals surface area contributed by atoms with Gasteiger partial charge in [-0.25, -0.2) is 0 Å². The van der Waals surface area contributed by atoms with Crippen LogP contribution in [0.4, 0.5) is 0 Å². The van der Waals surface area contributed by atoms with E-state index in [9.17, 15) is 4.79 Å². The van der Waals surface area contributed by atoms with Gasteiger partial charge >= 0.3 is 0 Å². The topological polar surface area (TPSA) is 55.1 Å². The van der Waals surface area contributed by atoms with Crippen LogP contribution >= 0.6 is 0 Å². The normalized spacial score (nSPS) is 13.1. The molecule has 0 unspecified atom stereocenters. The number of rotatable bonds is 6. The molecule has 0 spiro atoms. The van der Waals surface area contributed by atoms with Gasteiger partial charge < -0.3 is 11.1 Å². The Morgan fingerprint density at radius 1 is 1.11 bits per heavy atom. The summed E-state index contributed by atoms with van der Waals surface area (Å²) in [5, 5.41) is 2.98. The minimum atomic E-state index is -0.582. The molecule has 0 aliphatic heterocycles. The molecule has 3 nitrogen and oxygen atoms in total. The maximum Gasteiger partial charge on any atom is 0.241 e. The van der Waals surface area contributed by atoms with Crippen molar-refractivity contribution in [2.75, 3.05) is 6.54 Å². The summed E-state index contributed by atoms with van der Waals surface area (Å²) in [6.07, 6.45) is 0. The lowest BCUT2D eigenvalue weighted by atomic mass is 9.85. The molecule has 0 saturated heterocycles. The maximum absolute atomic E-state index is 12.1. The van der Waals surface area contributed by atoms with Gasteiger partial charge in [-0.05, 0) is 23.3 Å². The van der Waals surface area contributed by atoms with Gasteiger partial charge in [-0.1, -0.05) is 58.0 Å². The van der Waals surface area contributed by atoms with Crippen LogP contribution in [0.5, 0.6) is 0 Å². The highest BCUT2D eigenvalue weighted by Gasteiger charge is 2.20. The first-order chi connectivity index (χ1) is 8.93. The number of carbonyl (C=O) groups is 1. The van der Waals surface area contributed by atoms with Crippen LogP contribution in [0.3, 0.4) is 0 Å². The molecular formula is C16H26N2O. The molecule has 3 heteroatoms. The van der Waals surface area contributed by atoms with E-state index in [1.165, 1.54) is 0 Å². The van der Waals surface area contributed by atoms with Crippen LogP contribution < -0.4 is 11.1 Å². The highest BCUT2D eigenvalue weighted by molar-refractivity contribution is 5.82. The second-order valence-electron chi connectivity index (χ2n) is 5.79. The predicted octanol–water partition coefficient (Wildman–Crippen LogP) is 2.73. The third kappa shape index (κ3) is 4.67. The largest absolute Gasteiger partial charge is 0.354 e. The fraction of sp³-hybridized carbons (Fsp3) is 0.562. The summed E-state index contributed by atoms with van der Waals surface area (Å²) < 4.78 is 0. The molecule has 0 aliphatic carbocycles. The molecule has 0 saturated carbocycles. The van der Waals surface area contributed by atoms with Crippen LogP contribution in [0.1, 0.15) is 39.3 Å². The summed E-state index contributed by atoms with van der Waals surface area (Å²) in [5.74, 6) is 1.48. The summed E-state index contributed by atoms with van der Waals surface area (Å²) in [6, 6.07) is 8.89. The Bertz CT molecular complexity index is 379. The van der Waals surface area contributed by atoms with Gasteiger partial charge in [0.1, 0.15) is 6.04 Å². The molecule has 1 amide bonds. The molecule has 106 valence electrons. The van der Waals surface area contributed by atoms with Crippen molar-refractivity contribution in [3.05, 3.63) is 35.9 Å². The molecule has 3 N–H and O–H groups in total. The van der Waals surface area contributed by atoms with Crippen LogP contribution in [-0.4, -0.2) is 12.5 Å². The molecule has 1 rings (SSSR count). The van der Waals surface area contributed by atoms with Crippen molar-refractivity contribution < 1.29 is 4.79 Å². The van der Waals surface area contributed by atoms with Crippen LogP contribution in [0, 0.1) is 17.8 Å². The average Bonchev–Trinajstić information content (AvgIpc) is 2.38. The molecule has 19 heavy (non-hydrogen) atoms. The lowest BCUT2D eigenvalue weighted by Gasteiger charge is -2.25. The zero-order valence-corrected chi connectivity index (χ0v) is 12.4. The van der Waals surface area contributed by atoms with Gasteiger partial charge in [0, 0.05) is 6.54 Å². The Kier molecular flexibility index (Phi) is 6.03. The third-order valence-corrected chi connectivity index (χ3v) is 3.67. The molecule has 0 bridgehead atoms. The van der Waals surface area contributed by atoms with Gasteiger partial charge in [-0.15, -0.1) is 0 Å². The molecule has 0 radical (unpaired) electrons. The van der Waals surface area contributed by atoms with Crippen LogP contribution in [0.25, 0.3) is 0 Å². The van der Waals surface area contributed by atoms with Crippen LogP contribution in [-0.2, 0) is 4.79 Å². The Hall–Kier alpha value is -1.35. The first kappa shape index (κ1) is 15.7. The highest BCUT2D eigenvalue weighted by atomic mass is 16.2. The molecule has 1 aromatic carbocycles. The number of amides is 1. The zero-order chi connectivity index (χ0) is 14.4. The predicted molar refractivity (Wildman–Crippen MR) is 79.5 cm³/mol. The molecule has 0 fully saturated rings. The zero-order valence-electron chi connectivity index (χ0n) is 12.4. The van der Waals surface area contributed by atoms with Gasteiger partial charge in [0.15, 0.2) is 0 Å². The molecule has 0 aliphatic rings. The maximum atomic E-state index is 12.1. The fourth-order valence-electron chi connectivity index (χ4n) is 2.38. The standard InChI is InChI=1S/C16H26N2O/c1-11(2)14(12(3)4)10-18-16(19)15(17)13-8-6-5-7-9-13/h5-9,11-12,14-15H,10,17H2,1-4H3,(H,18,19)/t15-/m0/s1. The van der Waals surface area contributed by atoms with E-state index in [4.69, 9.17) is 5.73 Å². The summed E-state index contributed by atoms with van der Waals surface area (Å²) in [7, 11) is 0. The Balaban J connectivity index is 2.56. The second-order valence-corrected chi connectivity index (χ2v) is 5.79. The van der Waals surface area contributed by atoms with Gasteiger partial charge in [0.25, 0.3) is 0 Å². The monoisotopic (exact) mass is 262 g/mol. The lowest BCUT2D eigenvalue weighted by Crippen LogP contribution is -2.39. The number of nitrogens with one attached hydrogen (secondary N) is 1. The van der Waals surface area contributed by atoms with Gasteiger partial charge in [0.05, 0.1) is 0 Å².